The third kappa shape index (κ3) is 5.68. The number of rotatable bonds is 7. The third-order valence-corrected chi connectivity index (χ3v) is 5.26. The molecule has 0 spiro atoms. The summed E-state index contributed by atoms with van der Waals surface area (Å²) in [5, 5.41) is 14.3. The summed E-state index contributed by atoms with van der Waals surface area (Å²) < 4.78 is 5.02. The average molecular weight is 391 g/mol. The molecule has 1 unspecified atom stereocenters. The topological polar surface area (TPSA) is 102 Å². The molecule has 1 aromatic carbocycles. The second-order valence-electron chi connectivity index (χ2n) is 7.81. The van der Waals surface area contributed by atoms with Crippen molar-refractivity contribution >= 4 is 23.3 Å². The van der Waals surface area contributed by atoms with Gasteiger partial charge in [-0.25, -0.2) is 4.79 Å². The fraction of sp³-hybridized carbons (Fsp3) is 0.600. The van der Waals surface area contributed by atoms with E-state index in [9.17, 15) is 19.7 Å². The van der Waals surface area contributed by atoms with Crippen molar-refractivity contribution in [3.05, 3.63) is 33.9 Å². The SMILES string of the molecule is CC1CCN(c2ccc(C(=O)OCC(=O)NC(C)C(C)C)cc2[N+](=O)[O-])CC1. The largest absolute Gasteiger partial charge is 0.452 e. The first-order valence-corrected chi connectivity index (χ1v) is 9.69. The maximum Gasteiger partial charge on any atom is 0.338 e. The van der Waals surface area contributed by atoms with Gasteiger partial charge >= 0.3 is 5.97 Å². The first-order valence-electron chi connectivity index (χ1n) is 9.69. The van der Waals surface area contributed by atoms with Gasteiger partial charge in [0.15, 0.2) is 6.61 Å². The Labute approximate surface area is 165 Å². The number of anilines is 1. The van der Waals surface area contributed by atoms with Crippen LogP contribution in [0.3, 0.4) is 0 Å². The zero-order valence-corrected chi connectivity index (χ0v) is 16.9. The van der Waals surface area contributed by atoms with Crippen LogP contribution in [0.2, 0.25) is 0 Å². The minimum atomic E-state index is -0.755. The highest BCUT2D eigenvalue weighted by molar-refractivity contribution is 5.93. The van der Waals surface area contributed by atoms with E-state index in [1.54, 1.807) is 6.07 Å². The van der Waals surface area contributed by atoms with Gasteiger partial charge in [-0.05, 0) is 43.7 Å². The van der Waals surface area contributed by atoms with E-state index in [1.165, 1.54) is 12.1 Å². The molecule has 0 bridgehead atoms. The average Bonchev–Trinajstić information content (AvgIpc) is 2.66. The molecule has 2 rings (SSSR count). The molecule has 1 saturated heterocycles. The van der Waals surface area contributed by atoms with Crippen LogP contribution in [0.15, 0.2) is 18.2 Å². The number of piperidine rings is 1. The lowest BCUT2D eigenvalue weighted by molar-refractivity contribution is -0.384. The Bertz CT molecular complexity index is 727. The van der Waals surface area contributed by atoms with E-state index in [-0.39, 0.29) is 23.2 Å². The molecule has 1 aliphatic heterocycles. The molecule has 0 aliphatic carbocycles. The fourth-order valence-electron chi connectivity index (χ4n) is 2.99. The van der Waals surface area contributed by atoms with Gasteiger partial charge < -0.3 is 15.0 Å². The Balaban J connectivity index is 2.05. The van der Waals surface area contributed by atoms with E-state index in [0.717, 1.165) is 25.9 Å². The van der Waals surface area contributed by atoms with E-state index in [0.29, 0.717) is 11.6 Å². The van der Waals surface area contributed by atoms with Crippen LogP contribution in [-0.4, -0.2) is 42.5 Å². The smallest absolute Gasteiger partial charge is 0.338 e. The molecule has 1 aromatic rings. The number of esters is 1. The zero-order valence-electron chi connectivity index (χ0n) is 16.9. The second kappa shape index (κ2) is 9.52. The number of hydrogen-bond acceptors (Lipinski definition) is 6. The molecule has 1 fully saturated rings. The lowest BCUT2D eigenvalue weighted by Crippen LogP contribution is -2.38. The summed E-state index contributed by atoms with van der Waals surface area (Å²) in [5.74, 6) is -0.292. The van der Waals surface area contributed by atoms with Crippen LogP contribution in [0.25, 0.3) is 0 Å². The summed E-state index contributed by atoms with van der Waals surface area (Å²) in [4.78, 5) is 37.1. The predicted octanol–water partition coefficient (Wildman–Crippen LogP) is 3.15. The maximum atomic E-state index is 12.2. The number of carbonyl (C=O) groups is 2. The number of nitrogens with zero attached hydrogens (tertiary/aromatic N) is 2. The molecular formula is C20H29N3O5. The Hall–Kier alpha value is -2.64. The molecule has 0 radical (unpaired) electrons. The van der Waals surface area contributed by atoms with E-state index < -0.39 is 23.4 Å². The summed E-state index contributed by atoms with van der Waals surface area (Å²) in [6.45, 7) is 9.06. The molecule has 28 heavy (non-hydrogen) atoms. The van der Waals surface area contributed by atoms with Gasteiger partial charge in [-0.3, -0.25) is 14.9 Å². The van der Waals surface area contributed by atoms with Crippen molar-refractivity contribution in [2.75, 3.05) is 24.6 Å². The van der Waals surface area contributed by atoms with Gasteiger partial charge in [-0.1, -0.05) is 20.8 Å². The highest BCUT2D eigenvalue weighted by Gasteiger charge is 2.25. The number of nitro groups is 1. The molecule has 0 saturated carbocycles. The number of nitro benzene ring substituents is 1. The number of amides is 1. The van der Waals surface area contributed by atoms with Gasteiger partial charge in [0.2, 0.25) is 0 Å². The molecule has 1 aliphatic rings. The lowest BCUT2D eigenvalue weighted by atomic mass is 9.98. The Morgan fingerprint density at radius 1 is 1.29 bits per heavy atom. The van der Waals surface area contributed by atoms with Crippen LogP contribution in [-0.2, 0) is 9.53 Å². The normalized spacial score (nSPS) is 16.0. The number of hydrogen-bond donors (Lipinski definition) is 1. The minimum absolute atomic E-state index is 0.0427. The molecule has 0 aromatic heterocycles. The third-order valence-electron chi connectivity index (χ3n) is 5.26. The van der Waals surface area contributed by atoms with Crippen LogP contribution in [0.4, 0.5) is 11.4 Å². The molecular weight excluding hydrogens is 362 g/mol. The molecule has 1 N–H and O–H groups in total. The second-order valence-corrected chi connectivity index (χ2v) is 7.81. The fourth-order valence-corrected chi connectivity index (χ4v) is 2.99. The molecule has 8 nitrogen and oxygen atoms in total. The lowest BCUT2D eigenvalue weighted by Gasteiger charge is -2.31. The maximum absolute atomic E-state index is 12.2. The monoisotopic (exact) mass is 391 g/mol. The molecule has 1 heterocycles. The summed E-state index contributed by atoms with van der Waals surface area (Å²) in [5.41, 5.74) is 0.448. The van der Waals surface area contributed by atoms with Crippen molar-refractivity contribution in [2.24, 2.45) is 11.8 Å². The van der Waals surface area contributed by atoms with Gasteiger partial charge in [0.05, 0.1) is 10.5 Å². The molecule has 1 atom stereocenters. The number of nitrogens with one attached hydrogen (secondary N) is 1. The van der Waals surface area contributed by atoms with Crippen molar-refractivity contribution < 1.29 is 19.2 Å². The van der Waals surface area contributed by atoms with Gasteiger partial charge in [0, 0.05) is 25.2 Å². The molecule has 154 valence electrons. The van der Waals surface area contributed by atoms with Gasteiger partial charge in [0.25, 0.3) is 11.6 Å². The Morgan fingerprint density at radius 3 is 2.50 bits per heavy atom. The standard InChI is InChI=1S/C20H29N3O5/c1-13(2)15(4)21-19(24)12-28-20(25)16-5-6-17(18(11-16)23(26)27)22-9-7-14(3)8-10-22/h5-6,11,13-15H,7-10,12H2,1-4H3,(H,21,24). The predicted molar refractivity (Wildman–Crippen MR) is 106 cm³/mol. The first kappa shape index (κ1) is 21.7. The van der Waals surface area contributed by atoms with Crippen LogP contribution >= 0.6 is 0 Å². The van der Waals surface area contributed by atoms with Crippen LogP contribution < -0.4 is 10.2 Å². The Morgan fingerprint density at radius 2 is 1.93 bits per heavy atom. The summed E-state index contributed by atoms with van der Waals surface area (Å²) in [6, 6.07) is 4.28. The van der Waals surface area contributed by atoms with Crippen molar-refractivity contribution in [3.63, 3.8) is 0 Å². The number of carbonyl (C=O) groups excluding carboxylic acids is 2. The van der Waals surface area contributed by atoms with Crippen molar-refractivity contribution in [2.45, 2.75) is 46.6 Å². The van der Waals surface area contributed by atoms with Gasteiger partial charge in [-0.15, -0.1) is 0 Å². The zero-order chi connectivity index (χ0) is 20.8. The highest BCUT2D eigenvalue weighted by Crippen LogP contribution is 2.32. The Kier molecular flexibility index (Phi) is 7.37. The van der Waals surface area contributed by atoms with E-state index in [1.807, 2.05) is 25.7 Å². The number of benzene rings is 1. The van der Waals surface area contributed by atoms with E-state index in [2.05, 4.69) is 12.2 Å². The molecule has 1 amide bonds. The van der Waals surface area contributed by atoms with Crippen LogP contribution in [0.5, 0.6) is 0 Å². The first-order chi connectivity index (χ1) is 13.2. The quantitative estimate of drug-likeness (QED) is 0.435. The van der Waals surface area contributed by atoms with Gasteiger partial charge in [0.1, 0.15) is 5.69 Å². The van der Waals surface area contributed by atoms with Crippen molar-refractivity contribution in [3.8, 4) is 0 Å². The van der Waals surface area contributed by atoms with Crippen LogP contribution in [0, 0.1) is 22.0 Å². The summed E-state index contributed by atoms with van der Waals surface area (Å²) >= 11 is 0. The van der Waals surface area contributed by atoms with E-state index >= 15 is 0 Å². The molecule has 8 heteroatoms. The van der Waals surface area contributed by atoms with Crippen molar-refractivity contribution in [1.29, 1.82) is 0 Å². The van der Waals surface area contributed by atoms with Crippen LogP contribution in [0.1, 0.15) is 50.9 Å². The summed E-state index contributed by atoms with van der Waals surface area (Å²) in [6.07, 6.45) is 1.95. The van der Waals surface area contributed by atoms with Gasteiger partial charge in [-0.2, -0.15) is 0 Å². The highest BCUT2D eigenvalue weighted by atomic mass is 16.6. The van der Waals surface area contributed by atoms with Crippen molar-refractivity contribution in [1.82, 2.24) is 5.32 Å². The van der Waals surface area contributed by atoms with E-state index in [4.69, 9.17) is 4.74 Å². The number of ether oxygens (including phenoxy) is 1. The summed E-state index contributed by atoms with van der Waals surface area (Å²) in [7, 11) is 0. The minimum Gasteiger partial charge on any atom is -0.452 e.